The molecule has 1 aromatic carbocycles. The molecule has 1 atom stereocenters. The van der Waals surface area contributed by atoms with Crippen molar-refractivity contribution in [3.8, 4) is 0 Å². The van der Waals surface area contributed by atoms with Crippen LogP contribution in [0.25, 0.3) is 0 Å². The first kappa shape index (κ1) is 20.6. The predicted octanol–water partition coefficient (Wildman–Crippen LogP) is 3.43. The molecule has 7 heteroatoms. The molecule has 3 heterocycles. The van der Waals surface area contributed by atoms with Gasteiger partial charge >= 0.3 is 0 Å². The van der Waals surface area contributed by atoms with Crippen LogP contribution in [0.15, 0.2) is 41.8 Å². The minimum atomic E-state index is -0.186. The summed E-state index contributed by atoms with van der Waals surface area (Å²) in [6, 6.07) is 11.5. The second-order valence-electron chi connectivity index (χ2n) is 7.96. The van der Waals surface area contributed by atoms with Gasteiger partial charge in [0.1, 0.15) is 0 Å². The number of carbonyl (C=O) groups is 3. The van der Waals surface area contributed by atoms with Gasteiger partial charge in [-0.05, 0) is 54.8 Å². The fraction of sp³-hybridized carbons (Fsp3) is 0.435. The minimum Gasteiger partial charge on any atom is -0.352 e. The van der Waals surface area contributed by atoms with Crippen LogP contribution in [0.4, 0.5) is 5.69 Å². The van der Waals surface area contributed by atoms with Crippen molar-refractivity contribution in [1.29, 1.82) is 0 Å². The van der Waals surface area contributed by atoms with Crippen LogP contribution in [0.5, 0.6) is 0 Å². The first-order valence-electron chi connectivity index (χ1n) is 10.6. The van der Waals surface area contributed by atoms with Gasteiger partial charge in [0.15, 0.2) is 0 Å². The third-order valence-corrected chi connectivity index (χ3v) is 6.68. The summed E-state index contributed by atoms with van der Waals surface area (Å²) in [5.41, 5.74) is 1.87. The Morgan fingerprint density at radius 2 is 2.00 bits per heavy atom. The Balaban J connectivity index is 1.33. The molecule has 2 saturated heterocycles. The lowest BCUT2D eigenvalue weighted by molar-refractivity contribution is -0.126. The average molecular weight is 426 g/mol. The molecule has 158 valence electrons. The van der Waals surface area contributed by atoms with Crippen LogP contribution in [0.3, 0.4) is 0 Å². The molecule has 30 heavy (non-hydrogen) atoms. The number of hydrogen-bond donors (Lipinski definition) is 1. The normalized spacial score (nSPS) is 19.6. The third-order valence-electron chi connectivity index (χ3n) is 5.82. The van der Waals surface area contributed by atoms with E-state index in [0.717, 1.165) is 48.4 Å². The predicted molar refractivity (Wildman–Crippen MR) is 117 cm³/mol. The minimum absolute atomic E-state index is 0.0152. The van der Waals surface area contributed by atoms with E-state index in [4.69, 9.17) is 0 Å². The number of rotatable bonds is 5. The van der Waals surface area contributed by atoms with Crippen molar-refractivity contribution in [3.05, 3.63) is 52.2 Å². The maximum atomic E-state index is 12.8. The summed E-state index contributed by atoms with van der Waals surface area (Å²) < 4.78 is 0. The first-order chi connectivity index (χ1) is 14.6. The molecular weight excluding hydrogens is 398 g/mol. The highest BCUT2D eigenvalue weighted by molar-refractivity contribution is 7.12. The molecule has 2 aliphatic rings. The van der Waals surface area contributed by atoms with E-state index in [1.807, 2.05) is 46.7 Å². The van der Waals surface area contributed by atoms with Crippen LogP contribution in [0.1, 0.15) is 47.3 Å². The Labute approximate surface area is 180 Å². The SMILES string of the molecule is O=C(NCc1cccc(N2CCCCC2=O)c1)C1CCCN(C(=O)c2cccs2)C1. The highest BCUT2D eigenvalue weighted by atomic mass is 32.1. The van der Waals surface area contributed by atoms with Gasteiger partial charge in [-0.1, -0.05) is 18.2 Å². The molecule has 2 aromatic rings. The van der Waals surface area contributed by atoms with Crippen molar-refractivity contribution in [1.82, 2.24) is 10.2 Å². The van der Waals surface area contributed by atoms with Gasteiger partial charge in [-0.2, -0.15) is 0 Å². The molecule has 2 fully saturated rings. The largest absolute Gasteiger partial charge is 0.352 e. The molecule has 1 unspecified atom stereocenters. The zero-order valence-corrected chi connectivity index (χ0v) is 17.8. The average Bonchev–Trinajstić information content (AvgIpc) is 3.32. The Hall–Kier alpha value is -2.67. The van der Waals surface area contributed by atoms with Gasteiger partial charge in [-0.15, -0.1) is 11.3 Å². The highest BCUT2D eigenvalue weighted by Crippen LogP contribution is 2.23. The van der Waals surface area contributed by atoms with E-state index in [1.165, 1.54) is 11.3 Å². The van der Waals surface area contributed by atoms with E-state index in [1.54, 1.807) is 4.90 Å². The number of carbonyl (C=O) groups excluding carboxylic acids is 3. The van der Waals surface area contributed by atoms with E-state index in [9.17, 15) is 14.4 Å². The maximum absolute atomic E-state index is 12.8. The van der Waals surface area contributed by atoms with Crippen LogP contribution < -0.4 is 10.2 Å². The molecule has 1 aromatic heterocycles. The zero-order valence-electron chi connectivity index (χ0n) is 17.0. The van der Waals surface area contributed by atoms with Crippen LogP contribution in [-0.4, -0.2) is 42.3 Å². The summed E-state index contributed by atoms with van der Waals surface area (Å²) in [4.78, 5) is 41.9. The van der Waals surface area contributed by atoms with Crippen LogP contribution in [-0.2, 0) is 16.1 Å². The van der Waals surface area contributed by atoms with Gasteiger partial charge in [0, 0.05) is 38.3 Å². The van der Waals surface area contributed by atoms with Crippen LogP contribution >= 0.6 is 11.3 Å². The quantitative estimate of drug-likeness (QED) is 0.798. The smallest absolute Gasteiger partial charge is 0.263 e. The lowest BCUT2D eigenvalue weighted by Gasteiger charge is -2.31. The van der Waals surface area contributed by atoms with E-state index in [0.29, 0.717) is 26.1 Å². The topological polar surface area (TPSA) is 69.7 Å². The van der Waals surface area contributed by atoms with Crippen molar-refractivity contribution >= 4 is 34.7 Å². The van der Waals surface area contributed by atoms with Crippen LogP contribution in [0, 0.1) is 5.92 Å². The maximum Gasteiger partial charge on any atom is 0.263 e. The summed E-state index contributed by atoms with van der Waals surface area (Å²) in [7, 11) is 0. The van der Waals surface area contributed by atoms with Gasteiger partial charge < -0.3 is 15.1 Å². The van der Waals surface area contributed by atoms with Gasteiger partial charge in [0.25, 0.3) is 5.91 Å². The number of nitrogens with zero attached hydrogens (tertiary/aromatic N) is 2. The molecule has 0 aliphatic carbocycles. The number of hydrogen-bond acceptors (Lipinski definition) is 4. The van der Waals surface area contributed by atoms with E-state index >= 15 is 0 Å². The van der Waals surface area contributed by atoms with Crippen molar-refractivity contribution < 1.29 is 14.4 Å². The van der Waals surface area contributed by atoms with Gasteiger partial charge in [-0.25, -0.2) is 0 Å². The number of likely N-dealkylation sites (tertiary alicyclic amines) is 1. The molecule has 6 nitrogen and oxygen atoms in total. The number of nitrogens with one attached hydrogen (secondary N) is 1. The van der Waals surface area contributed by atoms with Crippen LogP contribution in [0.2, 0.25) is 0 Å². The Bertz CT molecular complexity index is 912. The second-order valence-corrected chi connectivity index (χ2v) is 8.91. The summed E-state index contributed by atoms with van der Waals surface area (Å²) in [5.74, 6) is -0.0193. The molecule has 0 bridgehead atoms. The summed E-state index contributed by atoms with van der Waals surface area (Å²) in [6.45, 7) is 2.34. The fourth-order valence-corrected chi connectivity index (χ4v) is 4.87. The number of amides is 3. The first-order valence-corrected chi connectivity index (χ1v) is 11.5. The van der Waals surface area contributed by atoms with E-state index in [-0.39, 0.29) is 23.6 Å². The van der Waals surface area contributed by atoms with Crippen molar-refractivity contribution in [3.63, 3.8) is 0 Å². The van der Waals surface area contributed by atoms with E-state index in [2.05, 4.69) is 5.32 Å². The van der Waals surface area contributed by atoms with Gasteiger partial charge in [-0.3, -0.25) is 14.4 Å². The highest BCUT2D eigenvalue weighted by Gasteiger charge is 2.29. The number of piperidine rings is 2. The fourth-order valence-electron chi connectivity index (χ4n) is 4.18. The molecule has 4 rings (SSSR count). The standard InChI is InChI=1S/C23H27N3O3S/c27-21-10-1-2-12-26(21)19-8-3-6-17(14-19)15-24-22(28)18-7-4-11-25(16-18)23(29)20-9-5-13-30-20/h3,5-6,8-9,13-14,18H,1-2,4,7,10-12,15-16H2,(H,24,28). The van der Waals surface area contributed by atoms with Gasteiger partial charge in [0.05, 0.1) is 10.8 Å². The molecule has 0 spiro atoms. The summed E-state index contributed by atoms with van der Waals surface area (Å²) in [5, 5.41) is 4.92. The lowest BCUT2D eigenvalue weighted by Crippen LogP contribution is -2.45. The van der Waals surface area contributed by atoms with Crippen molar-refractivity contribution in [2.75, 3.05) is 24.5 Å². The van der Waals surface area contributed by atoms with Crippen molar-refractivity contribution in [2.24, 2.45) is 5.92 Å². The number of benzene rings is 1. The van der Waals surface area contributed by atoms with Gasteiger partial charge in [0.2, 0.25) is 11.8 Å². The number of anilines is 1. The Kier molecular flexibility index (Phi) is 6.47. The monoisotopic (exact) mass is 425 g/mol. The molecular formula is C23H27N3O3S. The lowest BCUT2D eigenvalue weighted by atomic mass is 9.97. The third kappa shape index (κ3) is 4.73. The Morgan fingerprint density at radius 3 is 2.80 bits per heavy atom. The molecule has 3 amide bonds. The zero-order chi connectivity index (χ0) is 20.9. The van der Waals surface area contributed by atoms with Crippen molar-refractivity contribution in [2.45, 2.75) is 38.6 Å². The summed E-state index contributed by atoms with van der Waals surface area (Å²) >= 11 is 1.44. The molecule has 0 radical (unpaired) electrons. The molecule has 1 N–H and O–H groups in total. The molecule has 2 aliphatic heterocycles. The Morgan fingerprint density at radius 1 is 1.10 bits per heavy atom. The number of thiophene rings is 1. The second kappa shape index (κ2) is 9.43. The van der Waals surface area contributed by atoms with E-state index < -0.39 is 0 Å². The summed E-state index contributed by atoms with van der Waals surface area (Å²) in [6.07, 6.45) is 4.21. The molecule has 0 saturated carbocycles.